The van der Waals surface area contributed by atoms with Crippen LogP contribution < -0.4 is 11.5 Å². The van der Waals surface area contributed by atoms with Crippen LogP contribution in [-0.4, -0.2) is 0 Å². The van der Waals surface area contributed by atoms with Gasteiger partial charge in [0.05, 0.1) is 0 Å². The van der Waals surface area contributed by atoms with Crippen LogP contribution in [0.3, 0.4) is 0 Å². The predicted octanol–water partition coefficient (Wildman–Crippen LogP) is 2.66. The molecule has 2 nitrogen and oxygen atoms in total. The third kappa shape index (κ3) is 1.76. The van der Waals surface area contributed by atoms with Gasteiger partial charge >= 0.3 is 0 Å². The third-order valence-electron chi connectivity index (χ3n) is 2.24. The van der Waals surface area contributed by atoms with Gasteiger partial charge in [-0.25, -0.2) is 4.39 Å². The molecule has 0 bridgehead atoms. The summed E-state index contributed by atoms with van der Waals surface area (Å²) in [5, 5.41) is 0. The van der Waals surface area contributed by atoms with Crippen molar-refractivity contribution in [1.29, 1.82) is 0 Å². The topological polar surface area (TPSA) is 52.0 Å². The van der Waals surface area contributed by atoms with Crippen LogP contribution >= 0.6 is 0 Å². The summed E-state index contributed by atoms with van der Waals surface area (Å²) in [6.45, 7) is 0. The van der Waals surface area contributed by atoms with Crippen molar-refractivity contribution in [3.8, 4) is 11.1 Å². The largest absolute Gasteiger partial charge is 0.399 e. The minimum Gasteiger partial charge on any atom is -0.399 e. The molecule has 0 aliphatic heterocycles. The van der Waals surface area contributed by atoms with Gasteiger partial charge in [0.2, 0.25) is 0 Å². The van der Waals surface area contributed by atoms with Gasteiger partial charge in [-0.15, -0.1) is 0 Å². The minimum absolute atomic E-state index is 0.354. The van der Waals surface area contributed by atoms with Crippen molar-refractivity contribution in [3.05, 3.63) is 48.3 Å². The van der Waals surface area contributed by atoms with Crippen LogP contribution in [0.5, 0.6) is 0 Å². The van der Waals surface area contributed by atoms with Crippen molar-refractivity contribution in [2.75, 3.05) is 11.5 Å². The first-order valence-corrected chi connectivity index (χ1v) is 4.58. The van der Waals surface area contributed by atoms with Gasteiger partial charge in [-0.05, 0) is 24.3 Å². The number of nitrogen functional groups attached to an aromatic ring is 2. The first-order chi connectivity index (χ1) is 7.18. The highest BCUT2D eigenvalue weighted by Crippen LogP contribution is 2.28. The van der Waals surface area contributed by atoms with Gasteiger partial charge in [-0.3, -0.25) is 0 Å². The molecule has 0 aromatic heterocycles. The van der Waals surface area contributed by atoms with Crippen molar-refractivity contribution in [3.63, 3.8) is 0 Å². The zero-order valence-corrected chi connectivity index (χ0v) is 8.07. The lowest BCUT2D eigenvalue weighted by Gasteiger charge is -2.07. The number of para-hydroxylation sites is 1. The average molecular weight is 202 g/mol. The molecule has 0 aliphatic carbocycles. The highest BCUT2D eigenvalue weighted by molar-refractivity contribution is 5.77. The number of benzene rings is 2. The zero-order valence-electron chi connectivity index (χ0n) is 8.07. The molecular formula is C12H11FN2. The summed E-state index contributed by atoms with van der Waals surface area (Å²) in [6, 6.07) is 11.7. The molecule has 0 atom stereocenters. The maximum Gasteiger partial charge on any atom is 0.133 e. The molecule has 0 aliphatic rings. The molecule has 2 rings (SSSR count). The van der Waals surface area contributed by atoms with E-state index >= 15 is 0 Å². The van der Waals surface area contributed by atoms with E-state index in [0.29, 0.717) is 22.5 Å². The van der Waals surface area contributed by atoms with E-state index in [4.69, 9.17) is 11.5 Å². The van der Waals surface area contributed by atoms with Gasteiger partial charge in [0.1, 0.15) is 5.82 Å². The van der Waals surface area contributed by atoms with E-state index in [-0.39, 0.29) is 5.82 Å². The lowest BCUT2D eigenvalue weighted by molar-refractivity contribution is 0.632. The zero-order chi connectivity index (χ0) is 10.8. The molecule has 2 aromatic rings. The van der Waals surface area contributed by atoms with E-state index < -0.39 is 0 Å². The van der Waals surface area contributed by atoms with E-state index in [1.165, 1.54) is 6.07 Å². The van der Waals surface area contributed by atoms with Crippen molar-refractivity contribution < 1.29 is 4.39 Å². The van der Waals surface area contributed by atoms with Crippen molar-refractivity contribution in [2.45, 2.75) is 0 Å². The summed E-state index contributed by atoms with van der Waals surface area (Å²) >= 11 is 0. The number of anilines is 2. The molecule has 15 heavy (non-hydrogen) atoms. The van der Waals surface area contributed by atoms with Crippen LogP contribution in [0.1, 0.15) is 0 Å². The van der Waals surface area contributed by atoms with E-state index in [2.05, 4.69) is 0 Å². The fourth-order valence-electron chi connectivity index (χ4n) is 1.49. The van der Waals surface area contributed by atoms with E-state index in [9.17, 15) is 4.39 Å². The van der Waals surface area contributed by atoms with E-state index in [0.717, 1.165) is 0 Å². The summed E-state index contributed by atoms with van der Waals surface area (Å²) in [7, 11) is 0. The Kier molecular flexibility index (Phi) is 2.29. The summed E-state index contributed by atoms with van der Waals surface area (Å²) < 4.78 is 13.6. The van der Waals surface area contributed by atoms with Crippen molar-refractivity contribution >= 4 is 11.4 Å². The molecular weight excluding hydrogens is 191 g/mol. The molecule has 0 amide bonds. The average Bonchev–Trinajstić information content (AvgIpc) is 2.20. The normalized spacial score (nSPS) is 10.2. The highest BCUT2D eigenvalue weighted by atomic mass is 19.1. The number of rotatable bonds is 1. The summed E-state index contributed by atoms with van der Waals surface area (Å²) in [5.41, 5.74) is 13.4. The van der Waals surface area contributed by atoms with Crippen LogP contribution in [0.4, 0.5) is 15.8 Å². The summed E-state index contributed by atoms with van der Waals surface area (Å²) in [4.78, 5) is 0. The fourth-order valence-corrected chi connectivity index (χ4v) is 1.49. The fraction of sp³-hybridized carbons (Fsp3) is 0. The molecule has 0 spiro atoms. The quantitative estimate of drug-likeness (QED) is 0.698. The third-order valence-corrected chi connectivity index (χ3v) is 2.24. The molecule has 4 N–H and O–H groups in total. The second-order valence-electron chi connectivity index (χ2n) is 3.33. The first kappa shape index (κ1) is 9.52. The van der Waals surface area contributed by atoms with Gasteiger partial charge in [0.15, 0.2) is 0 Å². The smallest absolute Gasteiger partial charge is 0.133 e. The second-order valence-corrected chi connectivity index (χ2v) is 3.33. The molecule has 0 radical (unpaired) electrons. The monoisotopic (exact) mass is 202 g/mol. The second kappa shape index (κ2) is 3.61. The molecule has 0 saturated heterocycles. The Bertz CT molecular complexity index is 495. The molecule has 0 heterocycles. The Labute approximate surface area is 87.3 Å². The molecule has 2 aromatic carbocycles. The van der Waals surface area contributed by atoms with Crippen LogP contribution in [0.2, 0.25) is 0 Å². The number of halogens is 1. The van der Waals surface area contributed by atoms with Crippen molar-refractivity contribution in [2.24, 2.45) is 0 Å². The molecule has 0 fully saturated rings. The van der Waals surface area contributed by atoms with E-state index in [1.54, 1.807) is 24.3 Å². The Morgan fingerprint density at radius 2 is 1.60 bits per heavy atom. The lowest BCUT2D eigenvalue weighted by atomic mass is 10.0. The standard InChI is InChI=1S/C12H11FN2/c13-11-7-8(14)5-6-9(11)10-3-1-2-4-12(10)15/h1-7H,14-15H2. The van der Waals surface area contributed by atoms with Crippen LogP contribution in [0.15, 0.2) is 42.5 Å². The van der Waals surface area contributed by atoms with Crippen LogP contribution in [0, 0.1) is 5.82 Å². The lowest BCUT2D eigenvalue weighted by Crippen LogP contribution is -1.93. The van der Waals surface area contributed by atoms with Crippen molar-refractivity contribution in [1.82, 2.24) is 0 Å². The number of nitrogens with two attached hydrogens (primary N) is 2. The Morgan fingerprint density at radius 3 is 2.27 bits per heavy atom. The Morgan fingerprint density at radius 1 is 0.867 bits per heavy atom. The Balaban J connectivity index is 2.60. The van der Waals surface area contributed by atoms with Crippen LogP contribution in [0.25, 0.3) is 11.1 Å². The van der Waals surface area contributed by atoms with E-state index in [1.807, 2.05) is 12.1 Å². The van der Waals surface area contributed by atoms with Gasteiger partial charge in [0, 0.05) is 22.5 Å². The van der Waals surface area contributed by atoms with Gasteiger partial charge in [0.25, 0.3) is 0 Å². The molecule has 3 heteroatoms. The SMILES string of the molecule is Nc1ccc(-c2ccccc2N)c(F)c1. The summed E-state index contributed by atoms with van der Waals surface area (Å²) in [6.07, 6.45) is 0. The first-order valence-electron chi connectivity index (χ1n) is 4.58. The molecule has 76 valence electrons. The minimum atomic E-state index is -0.354. The highest BCUT2D eigenvalue weighted by Gasteiger charge is 2.07. The maximum absolute atomic E-state index is 13.6. The Hall–Kier alpha value is -2.03. The maximum atomic E-state index is 13.6. The molecule has 0 unspecified atom stereocenters. The van der Waals surface area contributed by atoms with Gasteiger partial charge < -0.3 is 11.5 Å². The molecule has 0 saturated carbocycles. The van der Waals surface area contributed by atoms with Crippen LogP contribution in [-0.2, 0) is 0 Å². The summed E-state index contributed by atoms with van der Waals surface area (Å²) in [5.74, 6) is -0.354. The predicted molar refractivity (Wildman–Crippen MR) is 60.7 cm³/mol. The van der Waals surface area contributed by atoms with Gasteiger partial charge in [-0.2, -0.15) is 0 Å². The number of hydrogen-bond acceptors (Lipinski definition) is 2. The van der Waals surface area contributed by atoms with Gasteiger partial charge in [-0.1, -0.05) is 18.2 Å². The number of hydrogen-bond donors (Lipinski definition) is 2.